The van der Waals surface area contributed by atoms with E-state index in [0.29, 0.717) is 25.9 Å². The predicted octanol–water partition coefficient (Wildman–Crippen LogP) is 15.6. The Morgan fingerprint density at radius 3 is 1.42 bits per heavy atom. The molecule has 0 radical (unpaired) electrons. The van der Waals surface area contributed by atoms with Crippen LogP contribution in [0.3, 0.4) is 0 Å². The highest BCUT2D eigenvalue weighted by Gasteiger charge is 2.44. The molecular weight excluding hydrogens is 979 g/mol. The molecule has 1 fully saturated rings. The molecular formula is C67H119NO10. The Balaban J connectivity index is 1.99. The van der Waals surface area contributed by atoms with Gasteiger partial charge in [0.1, 0.15) is 24.4 Å². The first-order valence-electron chi connectivity index (χ1n) is 32.2. The second-order valence-corrected chi connectivity index (χ2v) is 22.1. The van der Waals surface area contributed by atoms with Gasteiger partial charge >= 0.3 is 5.97 Å². The zero-order valence-corrected chi connectivity index (χ0v) is 49.9. The summed E-state index contributed by atoms with van der Waals surface area (Å²) in [4.78, 5) is 25.1. The van der Waals surface area contributed by atoms with Gasteiger partial charge in [-0.05, 0) is 110 Å². The second kappa shape index (κ2) is 56.0. The van der Waals surface area contributed by atoms with Gasteiger partial charge in [0.25, 0.3) is 0 Å². The van der Waals surface area contributed by atoms with Gasteiger partial charge in [0.05, 0.1) is 32.0 Å². The summed E-state index contributed by atoms with van der Waals surface area (Å²) in [6.07, 6.45) is 64.8. The van der Waals surface area contributed by atoms with Crippen molar-refractivity contribution in [1.29, 1.82) is 0 Å². The van der Waals surface area contributed by atoms with Crippen LogP contribution in [0.4, 0.5) is 0 Å². The Kier molecular flexibility index (Phi) is 52.5. The second-order valence-electron chi connectivity index (χ2n) is 22.1. The molecule has 6 N–H and O–H groups in total. The van der Waals surface area contributed by atoms with Crippen molar-refractivity contribution in [2.45, 2.75) is 320 Å². The number of allylic oxidation sites excluding steroid dienone is 11. The quantitative estimate of drug-likeness (QED) is 0.0195. The van der Waals surface area contributed by atoms with Crippen LogP contribution in [0.15, 0.2) is 72.9 Å². The fraction of sp³-hybridized carbons (Fsp3) is 0.791. The van der Waals surface area contributed by atoms with Crippen LogP contribution >= 0.6 is 0 Å². The molecule has 0 spiro atoms. The van der Waals surface area contributed by atoms with Crippen LogP contribution in [0.1, 0.15) is 277 Å². The zero-order valence-electron chi connectivity index (χ0n) is 49.9. The maximum atomic E-state index is 13.0. The molecule has 1 heterocycles. The van der Waals surface area contributed by atoms with Gasteiger partial charge in [-0.25, -0.2) is 0 Å². The van der Waals surface area contributed by atoms with Crippen LogP contribution < -0.4 is 5.32 Å². The molecule has 11 nitrogen and oxygen atoms in total. The minimum Gasteiger partial charge on any atom is -0.466 e. The first-order valence-corrected chi connectivity index (χ1v) is 32.2. The van der Waals surface area contributed by atoms with E-state index in [1.165, 1.54) is 161 Å². The number of esters is 1. The molecule has 11 heteroatoms. The van der Waals surface area contributed by atoms with Gasteiger partial charge in [-0.2, -0.15) is 0 Å². The molecule has 78 heavy (non-hydrogen) atoms. The molecule has 0 saturated carbocycles. The molecule has 7 unspecified atom stereocenters. The van der Waals surface area contributed by atoms with Crippen LogP contribution in [0.5, 0.6) is 0 Å². The lowest BCUT2D eigenvalue weighted by Gasteiger charge is -2.40. The standard InChI is InChI=1S/C67H119NO10/c1-3-5-7-9-11-13-14-15-16-29-32-35-39-43-47-51-55-63(72)76-56-52-48-44-40-36-33-30-27-25-23-21-19-17-18-20-22-24-26-28-31-34-38-42-46-50-54-62(71)68-59(60(70)53-49-45-41-37-12-10-8-6-4-2)58-77-67-66(75)65(74)64(73)61(57-69)78-67/h4,6,12,16,18-21,29,37,49,53,59-61,64-67,69-70,73-75H,3,5,7-11,13-15,17,22-28,30-36,38-48,50-52,54-58H2,1-2H3,(H,68,71)/b6-4+,20-18-,21-19-,29-16-,37-12+,53-49+. The van der Waals surface area contributed by atoms with Crippen LogP contribution in [0.2, 0.25) is 0 Å². The molecule has 0 aromatic heterocycles. The Morgan fingerprint density at radius 2 is 0.923 bits per heavy atom. The summed E-state index contributed by atoms with van der Waals surface area (Å²) in [5.74, 6) is -0.217. The third-order valence-corrected chi connectivity index (χ3v) is 14.8. The molecule has 1 amide bonds. The molecule has 452 valence electrons. The van der Waals surface area contributed by atoms with Crippen molar-refractivity contribution in [3.05, 3.63) is 72.9 Å². The molecule has 7 atom stereocenters. The van der Waals surface area contributed by atoms with Crippen molar-refractivity contribution in [2.24, 2.45) is 0 Å². The topological polar surface area (TPSA) is 175 Å². The molecule has 0 bridgehead atoms. The van der Waals surface area contributed by atoms with Gasteiger partial charge < -0.3 is 45.1 Å². The van der Waals surface area contributed by atoms with E-state index in [0.717, 1.165) is 83.5 Å². The number of aliphatic hydroxyl groups is 5. The summed E-state index contributed by atoms with van der Waals surface area (Å²) in [6, 6.07) is -0.839. The Labute approximate surface area is 477 Å². The molecule has 1 saturated heterocycles. The highest BCUT2D eigenvalue weighted by Crippen LogP contribution is 2.23. The van der Waals surface area contributed by atoms with Crippen molar-refractivity contribution in [1.82, 2.24) is 5.32 Å². The minimum atomic E-state index is -1.58. The average Bonchev–Trinajstić information content (AvgIpc) is 3.44. The number of hydrogen-bond acceptors (Lipinski definition) is 10. The molecule has 0 aromatic carbocycles. The third-order valence-electron chi connectivity index (χ3n) is 14.8. The van der Waals surface area contributed by atoms with E-state index in [1.807, 2.05) is 19.1 Å². The van der Waals surface area contributed by atoms with Crippen molar-refractivity contribution in [2.75, 3.05) is 19.8 Å². The van der Waals surface area contributed by atoms with Crippen LogP contribution in [-0.4, -0.2) is 100 Å². The number of carbonyl (C=O) groups is 2. The number of unbranched alkanes of at least 4 members (excludes halogenated alkanes) is 32. The van der Waals surface area contributed by atoms with Gasteiger partial charge in [-0.1, -0.05) is 228 Å². The van der Waals surface area contributed by atoms with Crippen LogP contribution in [0, 0.1) is 0 Å². The number of nitrogens with one attached hydrogen (secondary N) is 1. The van der Waals surface area contributed by atoms with Gasteiger partial charge in [0.2, 0.25) is 5.91 Å². The number of rotatable bonds is 55. The van der Waals surface area contributed by atoms with Gasteiger partial charge in [-0.15, -0.1) is 0 Å². The maximum Gasteiger partial charge on any atom is 0.305 e. The number of carbonyl (C=O) groups excluding carboxylic acids is 2. The van der Waals surface area contributed by atoms with Gasteiger partial charge in [0.15, 0.2) is 6.29 Å². The SMILES string of the molecule is C/C=C/CC/C=C/CC/C=C/C(O)C(COC1OC(CO)C(O)C(O)C1O)NC(=O)CCCCCCCCCCC/C=C\C/C=C\CCCCCCCCCCCOC(=O)CCCCCCC/C=C\CCCCCCCCC. The fourth-order valence-corrected chi connectivity index (χ4v) is 9.73. The van der Waals surface area contributed by atoms with Crippen LogP contribution in [-0.2, 0) is 23.8 Å². The van der Waals surface area contributed by atoms with Crippen LogP contribution in [0.25, 0.3) is 0 Å². The van der Waals surface area contributed by atoms with E-state index in [-0.39, 0.29) is 18.5 Å². The van der Waals surface area contributed by atoms with E-state index in [9.17, 15) is 35.1 Å². The smallest absolute Gasteiger partial charge is 0.305 e. The van der Waals surface area contributed by atoms with E-state index >= 15 is 0 Å². The van der Waals surface area contributed by atoms with Crippen molar-refractivity contribution >= 4 is 11.9 Å². The average molecular weight is 1100 g/mol. The van der Waals surface area contributed by atoms with E-state index < -0.39 is 49.5 Å². The first kappa shape index (κ1) is 73.1. The Hall–Kier alpha value is -2.90. The molecule has 0 aromatic rings. The van der Waals surface area contributed by atoms with Gasteiger partial charge in [-0.3, -0.25) is 9.59 Å². The number of amides is 1. The van der Waals surface area contributed by atoms with Crippen molar-refractivity contribution < 1.29 is 49.3 Å². The summed E-state index contributed by atoms with van der Waals surface area (Å²) >= 11 is 0. The first-order chi connectivity index (χ1) is 38.2. The lowest BCUT2D eigenvalue weighted by molar-refractivity contribution is -0.302. The summed E-state index contributed by atoms with van der Waals surface area (Å²) in [6.45, 7) is 4.07. The van der Waals surface area contributed by atoms with Crippen molar-refractivity contribution in [3.8, 4) is 0 Å². The molecule has 1 aliphatic rings. The van der Waals surface area contributed by atoms with E-state index in [2.05, 4.69) is 66.9 Å². The summed E-state index contributed by atoms with van der Waals surface area (Å²) in [5.41, 5.74) is 0. The van der Waals surface area contributed by atoms with E-state index in [4.69, 9.17) is 14.2 Å². The fourth-order valence-electron chi connectivity index (χ4n) is 9.73. The maximum absolute atomic E-state index is 13.0. The highest BCUT2D eigenvalue weighted by molar-refractivity contribution is 5.76. The largest absolute Gasteiger partial charge is 0.466 e. The summed E-state index contributed by atoms with van der Waals surface area (Å²) in [7, 11) is 0. The number of aliphatic hydroxyl groups excluding tert-OH is 5. The molecule has 1 aliphatic heterocycles. The molecule has 0 aliphatic carbocycles. The number of ether oxygens (including phenoxy) is 3. The lowest BCUT2D eigenvalue weighted by Crippen LogP contribution is -2.60. The van der Waals surface area contributed by atoms with Crippen molar-refractivity contribution in [3.63, 3.8) is 0 Å². The Morgan fingerprint density at radius 1 is 0.500 bits per heavy atom. The van der Waals surface area contributed by atoms with Gasteiger partial charge in [0, 0.05) is 12.8 Å². The lowest BCUT2D eigenvalue weighted by atomic mass is 9.99. The predicted molar refractivity (Wildman–Crippen MR) is 324 cm³/mol. The molecule has 1 rings (SSSR count). The monoisotopic (exact) mass is 1100 g/mol. The zero-order chi connectivity index (χ0) is 56.6. The van der Waals surface area contributed by atoms with E-state index in [1.54, 1.807) is 6.08 Å². The highest BCUT2D eigenvalue weighted by atomic mass is 16.7. The number of hydrogen-bond donors (Lipinski definition) is 6. The summed E-state index contributed by atoms with van der Waals surface area (Å²) < 4.78 is 16.7. The minimum absolute atomic E-state index is 0.0105. The summed E-state index contributed by atoms with van der Waals surface area (Å²) in [5, 5.41) is 54.2. The normalized spacial score (nSPS) is 19.0. The third kappa shape index (κ3) is 44.8. The Bertz CT molecular complexity index is 1520.